The molecule has 1 aromatic heterocycles. The predicted octanol–water partition coefficient (Wildman–Crippen LogP) is 2.17. The van der Waals surface area contributed by atoms with E-state index in [1.807, 2.05) is 6.07 Å². The number of hydrogen-bond donors (Lipinski definition) is 5. The van der Waals surface area contributed by atoms with E-state index < -0.39 is 65.7 Å². The van der Waals surface area contributed by atoms with Gasteiger partial charge in [0.05, 0.1) is 30.3 Å². The number of alkyl halides is 3. The molecule has 4 amide bonds. The quantitative estimate of drug-likeness (QED) is 0.216. The van der Waals surface area contributed by atoms with E-state index in [-0.39, 0.29) is 37.8 Å². The Bertz CT molecular complexity index is 1830. The van der Waals surface area contributed by atoms with Crippen molar-refractivity contribution in [3.8, 4) is 17.1 Å². The smallest absolute Gasteiger partial charge is 0.417 e. The van der Waals surface area contributed by atoms with Crippen molar-refractivity contribution in [2.75, 3.05) is 19.8 Å². The molecule has 13 nitrogen and oxygen atoms in total. The van der Waals surface area contributed by atoms with Crippen molar-refractivity contribution in [1.82, 2.24) is 36.0 Å². The fourth-order valence-electron chi connectivity index (χ4n) is 5.23. The van der Waals surface area contributed by atoms with Crippen LogP contribution in [0.3, 0.4) is 0 Å². The van der Waals surface area contributed by atoms with Gasteiger partial charge >= 0.3 is 6.18 Å². The third-order valence-electron chi connectivity index (χ3n) is 7.74. The van der Waals surface area contributed by atoms with Crippen LogP contribution < -0.4 is 26.0 Å². The van der Waals surface area contributed by atoms with E-state index in [1.54, 1.807) is 55.5 Å². The number of carbonyl (C=O) groups excluding carboxylic acids is 4. The summed E-state index contributed by atoms with van der Waals surface area (Å²) >= 11 is 0. The second-order valence-corrected chi connectivity index (χ2v) is 11.4. The van der Waals surface area contributed by atoms with Crippen molar-refractivity contribution in [2.24, 2.45) is 0 Å². The fourth-order valence-corrected chi connectivity index (χ4v) is 5.23. The van der Waals surface area contributed by atoms with Gasteiger partial charge in [0.25, 0.3) is 5.91 Å². The van der Waals surface area contributed by atoms with Gasteiger partial charge in [-0.1, -0.05) is 54.6 Å². The minimum Gasteiger partial charge on any atom is -0.492 e. The molecule has 0 fully saturated rings. The van der Waals surface area contributed by atoms with Crippen LogP contribution in [-0.2, 0) is 33.5 Å². The fraction of sp³-hybridized carbons (Fsp3) is 0.294. The second kappa shape index (κ2) is 15.6. The predicted molar refractivity (Wildman–Crippen MR) is 172 cm³/mol. The number of rotatable bonds is 4. The largest absolute Gasteiger partial charge is 0.492 e. The standard InChI is InChI=1S/C34H34F3N7O6/c1-20-30-42-29(22-7-3-2-4-8-22)43-44(30)18-28(46)38-15-16-50-23-13-11-21(12-14-23)17-26(32(48)41-27(19-45)33(49)39-20)40-31(47)24-9-5-6-10-25(24)34(35,36)37/h2-14,20,26-27,45H,15-19H2,1H3,(H,38,46)(H,39,49)(H,40,47)(H,41,48)/t20-,26-,27-/m0/s1. The summed E-state index contributed by atoms with van der Waals surface area (Å²) in [5, 5.41) is 24.8. The van der Waals surface area contributed by atoms with Crippen LogP contribution in [0.4, 0.5) is 13.2 Å². The molecule has 262 valence electrons. The van der Waals surface area contributed by atoms with Crippen LogP contribution in [0.1, 0.15) is 40.3 Å². The minimum atomic E-state index is -4.84. The van der Waals surface area contributed by atoms with Gasteiger partial charge in [-0.15, -0.1) is 0 Å². The highest BCUT2D eigenvalue weighted by molar-refractivity contribution is 5.99. The third-order valence-corrected chi connectivity index (χ3v) is 7.74. The van der Waals surface area contributed by atoms with Gasteiger partial charge in [-0.3, -0.25) is 19.2 Å². The van der Waals surface area contributed by atoms with Gasteiger partial charge in [0.1, 0.15) is 36.8 Å². The average Bonchev–Trinajstić information content (AvgIpc) is 3.52. The Labute approximate surface area is 284 Å². The molecule has 3 aromatic carbocycles. The average molecular weight is 694 g/mol. The number of amides is 4. The molecule has 4 aromatic rings. The first-order valence-corrected chi connectivity index (χ1v) is 15.6. The molecule has 0 saturated heterocycles. The number of nitrogens with zero attached hydrogens (tertiary/aromatic N) is 3. The zero-order valence-corrected chi connectivity index (χ0v) is 26.7. The van der Waals surface area contributed by atoms with Crippen LogP contribution in [0.2, 0.25) is 0 Å². The maximum absolute atomic E-state index is 13.7. The van der Waals surface area contributed by atoms with Crippen molar-refractivity contribution in [1.29, 1.82) is 0 Å². The number of ether oxygens (including phenoxy) is 1. The molecule has 3 heterocycles. The summed E-state index contributed by atoms with van der Waals surface area (Å²) in [5.41, 5.74) is -0.730. The van der Waals surface area contributed by atoms with Gasteiger partial charge in [0.2, 0.25) is 17.7 Å². The Hall–Kier alpha value is -5.77. The summed E-state index contributed by atoms with van der Waals surface area (Å²) in [6, 6.07) is 15.6. The molecule has 3 atom stereocenters. The lowest BCUT2D eigenvalue weighted by Crippen LogP contribution is -2.56. The molecule has 0 aliphatic carbocycles. The molecule has 16 heteroatoms. The summed E-state index contributed by atoms with van der Waals surface area (Å²) in [6.45, 7) is 0.723. The molecule has 6 rings (SSSR count). The summed E-state index contributed by atoms with van der Waals surface area (Å²) in [5.74, 6) is -2.41. The number of nitrogens with one attached hydrogen (secondary N) is 4. The van der Waals surface area contributed by atoms with Gasteiger partial charge in [0.15, 0.2) is 5.82 Å². The van der Waals surface area contributed by atoms with E-state index in [1.165, 1.54) is 10.7 Å². The first-order chi connectivity index (χ1) is 23.9. The first-order valence-electron chi connectivity index (χ1n) is 15.6. The summed E-state index contributed by atoms with van der Waals surface area (Å²) < 4.78 is 48.1. The van der Waals surface area contributed by atoms with Gasteiger partial charge in [-0.2, -0.15) is 18.3 Å². The van der Waals surface area contributed by atoms with Crippen LogP contribution in [0.15, 0.2) is 78.9 Å². The Morgan fingerprint density at radius 3 is 2.38 bits per heavy atom. The Morgan fingerprint density at radius 2 is 1.68 bits per heavy atom. The molecule has 0 saturated carbocycles. The number of benzene rings is 3. The van der Waals surface area contributed by atoms with Gasteiger partial charge < -0.3 is 31.1 Å². The lowest BCUT2D eigenvalue weighted by molar-refractivity contribution is -0.138. The highest BCUT2D eigenvalue weighted by atomic mass is 19.4. The summed E-state index contributed by atoms with van der Waals surface area (Å²) in [4.78, 5) is 57.6. The van der Waals surface area contributed by atoms with E-state index in [0.717, 1.165) is 18.2 Å². The normalized spacial score (nSPS) is 19.3. The number of halogens is 3. The van der Waals surface area contributed by atoms with Crippen molar-refractivity contribution < 1.29 is 42.2 Å². The molecule has 0 spiro atoms. The van der Waals surface area contributed by atoms with Crippen molar-refractivity contribution in [3.05, 3.63) is 101 Å². The number of aromatic nitrogens is 3. The minimum absolute atomic E-state index is 0.110. The summed E-state index contributed by atoms with van der Waals surface area (Å²) in [7, 11) is 0. The van der Waals surface area contributed by atoms with E-state index in [9.17, 15) is 37.5 Å². The zero-order chi connectivity index (χ0) is 35.8. The SMILES string of the molecule is C[C@@H]1NC(=O)[C@H](CO)NC(=O)[C@@H](NC(=O)c2ccccc2C(F)(F)F)Cc2ccc(cc2)OCCNC(=O)Cn2nc(-c3ccccc3)nc21. The van der Waals surface area contributed by atoms with Gasteiger partial charge in [0, 0.05) is 12.0 Å². The summed E-state index contributed by atoms with van der Waals surface area (Å²) in [6.07, 6.45) is -5.03. The molecule has 2 aliphatic heterocycles. The zero-order valence-electron chi connectivity index (χ0n) is 26.7. The van der Waals surface area contributed by atoms with Crippen LogP contribution in [-0.4, -0.2) is 75.3 Å². The number of carbonyl (C=O) groups is 4. The Kier molecular flexibility index (Phi) is 11.1. The van der Waals surface area contributed by atoms with Crippen LogP contribution in [0.5, 0.6) is 5.75 Å². The number of aliphatic hydroxyl groups excluding tert-OH is 1. The first kappa shape index (κ1) is 35.5. The van der Waals surface area contributed by atoms with Crippen LogP contribution in [0.25, 0.3) is 11.4 Å². The maximum atomic E-state index is 13.7. The highest BCUT2D eigenvalue weighted by Gasteiger charge is 2.36. The van der Waals surface area contributed by atoms with E-state index in [0.29, 0.717) is 16.9 Å². The topological polar surface area (TPSA) is 177 Å². The molecule has 5 N–H and O–H groups in total. The number of aliphatic hydroxyl groups is 1. The van der Waals surface area contributed by atoms with Gasteiger partial charge in [-0.25, -0.2) is 9.67 Å². The monoisotopic (exact) mass is 693 g/mol. The van der Waals surface area contributed by atoms with E-state index in [4.69, 9.17) is 4.74 Å². The molecule has 0 radical (unpaired) electrons. The van der Waals surface area contributed by atoms with E-state index in [2.05, 4.69) is 31.3 Å². The second-order valence-electron chi connectivity index (χ2n) is 11.4. The van der Waals surface area contributed by atoms with Gasteiger partial charge in [-0.05, 0) is 36.8 Å². The maximum Gasteiger partial charge on any atom is 0.417 e. The molecular weight excluding hydrogens is 659 g/mol. The van der Waals surface area contributed by atoms with E-state index >= 15 is 0 Å². The Balaban J connectivity index is 1.44. The lowest BCUT2D eigenvalue weighted by atomic mass is 10.0. The highest BCUT2D eigenvalue weighted by Crippen LogP contribution is 2.32. The molecule has 2 aliphatic rings. The third kappa shape index (κ3) is 8.82. The molecule has 2 bridgehead atoms. The van der Waals surface area contributed by atoms with Crippen molar-refractivity contribution in [3.63, 3.8) is 0 Å². The van der Waals surface area contributed by atoms with Crippen molar-refractivity contribution >= 4 is 23.6 Å². The number of hydrogen-bond acceptors (Lipinski definition) is 8. The molecular formula is C34H34F3N7O6. The molecule has 0 unspecified atom stereocenters. The van der Waals surface area contributed by atoms with Crippen LogP contribution in [0, 0.1) is 0 Å². The Morgan fingerprint density at radius 1 is 0.980 bits per heavy atom. The van der Waals surface area contributed by atoms with Crippen LogP contribution >= 0.6 is 0 Å². The molecule has 50 heavy (non-hydrogen) atoms. The lowest BCUT2D eigenvalue weighted by Gasteiger charge is -2.24. The van der Waals surface area contributed by atoms with Crippen molar-refractivity contribution in [2.45, 2.75) is 44.2 Å². The number of fused-ring (bicyclic) bond motifs is 14.